The van der Waals surface area contributed by atoms with Crippen LogP contribution in [-0.4, -0.2) is 49.3 Å². The summed E-state index contributed by atoms with van der Waals surface area (Å²) in [6.45, 7) is 0.146. The van der Waals surface area contributed by atoms with Gasteiger partial charge >= 0.3 is 5.69 Å². The monoisotopic (exact) mass is 516 g/mol. The average molecular weight is 517 g/mol. The molecule has 0 aliphatic carbocycles. The van der Waals surface area contributed by atoms with Gasteiger partial charge < -0.3 is 19.8 Å². The first-order valence-electron chi connectivity index (χ1n) is 10.1. The van der Waals surface area contributed by atoms with Crippen molar-refractivity contribution in [3.8, 4) is 17.4 Å². The number of nitrogens with one attached hydrogen (secondary N) is 2. The first kappa shape index (κ1) is 24.2. The number of rotatable bonds is 7. The van der Waals surface area contributed by atoms with Crippen molar-refractivity contribution < 1.29 is 22.7 Å². The Bertz CT molecular complexity index is 1650. The summed E-state index contributed by atoms with van der Waals surface area (Å²) in [6.07, 6.45) is 1.12. The van der Waals surface area contributed by atoms with Crippen LogP contribution in [0.3, 0.4) is 0 Å². The molecule has 0 aliphatic rings. The van der Waals surface area contributed by atoms with E-state index in [1.54, 1.807) is 12.1 Å². The van der Waals surface area contributed by atoms with E-state index in [1.807, 2.05) is 0 Å². The number of carbonyl (C=O) groups is 1. The molecule has 4 aromatic rings. The molecule has 0 spiro atoms. The zero-order valence-corrected chi connectivity index (χ0v) is 20.5. The maximum Gasteiger partial charge on any atom is 0.334 e. The zero-order chi connectivity index (χ0) is 25.3. The van der Waals surface area contributed by atoms with E-state index in [-0.39, 0.29) is 38.2 Å². The van der Waals surface area contributed by atoms with Crippen LogP contribution < -0.4 is 26.0 Å². The molecule has 11 nitrogen and oxygen atoms in total. The number of hydrogen-bond acceptors (Lipinski definition) is 9. The quantitative estimate of drug-likeness (QED) is 0.375. The Morgan fingerprint density at radius 1 is 1.11 bits per heavy atom. The Balaban J connectivity index is 1.61. The number of pyridine rings is 1. The van der Waals surface area contributed by atoms with Crippen LogP contribution in [0.15, 0.2) is 56.9 Å². The van der Waals surface area contributed by atoms with E-state index in [4.69, 9.17) is 9.47 Å². The van der Waals surface area contributed by atoms with E-state index >= 15 is 0 Å². The summed E-state index contributed by atoms with van der Waals surface area (Å²) in [5.74, 6) is 0.0252. The Hall–Kier alpha value is -3.97. The minimum Gasteiger partial charge on any atom is -0.491 e. The number of sulfone groups is 1. The summed E-state index contributed by atoms with van der Waals surface area (Å²) in [5.41, 5.74) is -0.437. The van der Waals surface area contributed by atoms with Gasteiger partial charge in [-0.1, -0.05) is 12.1 Å². The van der Waals surface area contributed by atoms with Crippen molar-refractivity contribution in [3.63, 3.8) is 0 Å². The minimum atomic E-state index is -3.31. The van der Waals surface area contributed by atoms with Crippen LogP contribution in [0.5, 0.6) is 11.6 Å². The number of benzene rings is 1. The fourth-order valence-corrected chi connectivity index (χ4v) is 4.89. The molecule has 2 N–H and O–H groups in total. The topological polar surface area (TPSA) is 149 Å². The number of nitrogens with zero attached hydrogens (tertiary/aromatic N) is 2. The molecule has 0 saturated carbocycles. The third-order valence-electron chi connectivity index (χ3n) is 5.06. The third kappa shape index (κ3) is 4.81. The van der Waals surface area contributed by atoms with Crippen LogP contribution in [0, 0.1) is 0 Å². The molecule has 35 heavy (non-hydrogen) atoms. The molecule has 0 unspecified atom stereocenters. The van der Waals surface area contributed by atoms with Gasteiger partial charge in [0.05, 0.1) is 29.5 Å². The molecule has 182 valence electrons. The van der Waals surface area contributed by atoms with Crippen molar-refractivity contribution >= 4 is 37.3 Å². The van der Waals surface area contributed by atoms with Gasteiger partial charge in [0.2, 0.25) is 0 Å². The highest BCUT2D eigenvalue weighted by Crippen LogP contribution is 2.25. The first-order chi connectivity index (χ1) is 16.6. The molecule has 0 radical (unpaired) electrons. The molecular weight excluding hydrogens is 496 g/mol. The van der Waals surface area contributed by atoms with E-state index in [2.05, 4.69) is 15.3 Å². The Morgan fingerprint density at radius 2 is 1.83 bits per heavy atom. The Morgan fingerprint density at radius 3 is 2.46 bits per heavy atom. The van der Waals surface area contributed by atoms with Crippen LogP contribution in [0.1, 0.15) is 15.2 Å². The van der Waals surface area contributed by atoms with Crippen LogP contribution in [0.25, 0.3) is 16.0 Å². The normalized spacial score (nSPS) is 11.4. The Labute approximate surface area is 202 Å². The lowest BCUT2D eigenvalue weighted by molar-refractivity contribution is 0.0955. The van der Waals surface area contributed by atoms with Gasteiger partial charge in [-0.15, -0.1) is 11.3 Å². The number of amides is 1. The van der Waals surface area contributed by atoms with E-state index in [9.17, 15) is 22.8 Å². The second-order valence-corrected chi connectivity index (χ2v) is 10.5. The summed E-state index contributed by atoms with van der Waals surface area (Å²) >= 11 is 0.930. The second-order valence-electron chi connectivity index (χ2n) is 7.40. The molecule has 3 aromatic heterocycles. The predicted octanol–water partition coefficient (Wildman–Crippen LogP) is 1.49. The van der Waals surface area contributed by atoms with E-state index in [0.717, 1.165) is 22.2 Å². The van der Waals surface area contributed by atoms with Gasteiger partial charge in [0.1, 0.15) is 10.5 Å². The van der Waals surface area contributed by atoms with Crippen LogP contribution in [0.2, 0.25) is 0 Å². The minimum absolute atomic E-state index is 0.0349. The molecule has 1 amide bonds. The Kier molecular flexibility index (Phi) is 6.45. The SMILES string of the molecule is COc1ccc(-n2c(=O)[nH]c3cc(C(=O)NCc4ccc(S(C)(=O)=O)cc4)sc3c2=O)nc1OC. The van der Waals surface area contributed by atoms with E-state index in [0.29, 0.717) is 11.3 Å². The van der Waals surface area contributed by atoms with Crippen LogP contribution in [0.4, 0.5) is 0 Å². The lowest BCUT2D eigenvalue weighted by Crippen LogP contribution is -2.33. The van der Waals surface area contributed by atoms with Crippen molar-refractivity contribution in [1.82, 2.24) is 19.9 Å². The number of H-pyrrole nitrogens is 1. The summed E-state index contributed by atoms with van der Waals surface area (Å²) in [5, 5.41) is 2.72. The van der Waals surface area contributed by atoms with Crippen LogP contribution in [-0.2, 0) is 16.4 Å². The lowest BCUT2D eigenvalue weighted by Gasteiger charge is -2.09. The number of thiophene rings is 1. The molecule has 13 heteroatoms. The zero-order valence-electron chi connectivity index (χ0n) is 18.8. The molecular formula is C22H20N4O7S2. The van der Waals surface area contributed by atoms with Gasteiger partial charge in [0.15, 0.2) is 15.6 Å². The number of aromatic nitrogens is 3. The molecule has 0 atom stereocenters. The highest BCUT2D eigenvalue weighted by molar-refractivity contribution is 7.90. The standard InChI is InChI=1S/C22H20N4O7S2/c1-32-15-8-9-17(25-20(15)33-2)26-21(28)18-14(24-22(26)29)10-16(34-18)19(27)23-11-12-4-6-13(7-5-12)35(3,30)31/h4-10H,11H2,1-3H3,(H,23,27)(H,24,29). The number of hydrogen-bond donors (Lipinski definition) is 2. The second kappa shape index (κ2) is 9.35. The third-order valence-corrected chi connectivity index (χ3v) is 7.31. The fourth-order valence-electron chi connectivity index (χ4n) is 3.30. The van der Waals surface area contributed by atoms with Gasteiger partial charge in [0.25, 0.3) is 17.3 Å². The number of aromatic amines is 1. The molecule has 0 aliphatic heterocycles. The summed E-state index contributed by atoms with van der Waals surface area (Å²) in [4.78, 5) is 45.6. The van der Waals surface area contributed by atoms with Gasteiger partial charge in [-0.25, -0.2) is 17.8 Å². The number of ether oxygens (including phenoxy) is 2. The maximum atomic E-state index is 13.1. The van der Waals surface area contributed by atoms with Crippen molar-refractivity contribution in [2.24, 2.45) is 0 Å². The van der Waals surface area contributed by atoms with E-state index < -0.39 is 27.0 Å². The molecule has 4 rings (SSSR count). The molecule has 3 heterocycles. The van der Waals surface area contributed by atoms with Gasteiger partial charge in [-0.05, 0) is 35.9 Å². The summed E-state index contributed by atoms with van der Waals surface area (Å²) in [7, 11) is -0.490. The average Bonchev–Trinajstić information content (AvgIpc) is 3.26. The maximum absolute atomic E-state index is 13.1. The highest BCUT2D eigenvalue weighted by Gasteiger charge is 2.18. The molecule has 0 bridgehead atoms. The molecule has 0 fully saturated rings. The van der Waals surface area contributed by atoms with Crippen molar-refractivity contribution in [3.05, 3.63) is 73.7 Å². The van der Waals surface area contributed by atoms with Crippen molar-refractivity contribution in [1.29, 1.82) is 0 Å². The smallest absolute Gasteiger partial charge is 0.334 e. The number of carbonyl (C=O) groups excluding carboxylic acids is 1. The number of methoxy groups -OCH3 is 2. The van der Waals surface area contributed by atoms with Gasteiger partial charge in [-0.3, -0.25) is 9.59 Å². The van der Waals surface area contributed by atoms with Crippen molar-refractivity contribution in [2.45, 2.75) is 11.4 Å². The van der Waals surface area contributed by atoms with Crippen LogP contribution >= 0.6 is 11.3 Å². The van der Waals surface area contributed by atoms with Gasteiger partial charge in [0, 0.05) is 12.8 Å². The molecule has 0 saturated heterocycles. The largest absolute Gasteiger partial charge is 0.491 e. The summed E-state index contributed by atoms with van der Waals surface area (Å²) in [6, 6.07) is 10.5. The summed E-state index contributed by atoms with van der Waals surface area (Å²) < 4.78 is 34.4. The molecule has 1 aromatic carbocycles. The predicted molar refractivity (Wildman–Crippen MR) is 130 cm³/mol. The highest BCUT2D eigenvalue weighted by atomic mass is 32.2. The van der Waals surface area contributed by atoms with E-state index in [1.165, 1.54) is 44.6 Å². The van der Waals surface area contributed by atoms with Crippen molar-refractivity contribution in [2.75, 3.05) is 20.5 Å². The number of fused-ring (bicyclic) bond motifs is 1. The van der Waals surface area contributed by atoms with Gasteiger partial charge in [-0.2, -0.15) is 4.98 Å². The fraction of sp³-hybridized carbons (Fsp3) is 0.182. The first-order valence-corrected chi connectivity index (χ1v) is 12.8. The lowest BCUT2D eigenvalue weighted by atomic mass is 10.2.